The molecule has 4 rings (SSSR count). The Bertz CT molecular complexity index is 642. The molecular formula is C19H25N3O3. The van der Waals surface area contributed by atoms with Crippen molar-refractivity contribution in [3.8, 4) is 5.75 Å². The third kappa shape index (κ3) is 3.72. The Balaban J connectivity index is 1.36. The van der Waals surface area contributed by atoms with Crippen LogP contribution in [0.4, 0.5) is 4.79 Å². The van der Waals surface area contributed by atoms with Crippen LogP contribution in [0.2, 0.25) is 0 Å². The van der Waals surface area contributed by atoms with Gasteiger partial charge < -0.3 is 19.9 Å². The van der Waals surface area contributed by atoms with Gasteiger partial charge in [-0.3, -0.25) is 4.79 Å². The molecule has 1 saturated carbocycles. The van der Waals surface area contributed by atoms with Crippen LogP contribution < -0.4 is 10.1 Å². The SMILES string of the molecule is O=C(c1ccc(OCC2CC2)cc1)N1CCCC(N2CCNC2=O)C1. The van der Waals surface area contributed by atoms with E-state index in [0.29, 0.717) is 18.7 Å². The first-order valence-electron chi connectivity index (χ1n) is 9.27. The smallest absolute Gasteiger partial charge is 0.317 e. The van der Waals surface area contributed by atoms with Crippen LogP contribution in [-0.2, 0) is 0 Å². The van der Waals surface area contributed by atoms with Gasteiger partial charge in [0.25, 0.3) is 5.91 Å². The number of ether oxygens (including phenoxy) is 1. The maximum Gasteiger partial charge on any atom is 0.317 e. The lowest BCUT2D eigenvalue weighted by Gasteiger charge is -2.37. The minimum atomic E-state index is -0.00327. The molecule has 1 aromatic carbocycles. The lowest BCUT2D eigenvalue weighted by Crippen LogP contribution is -2.50. The van der Waals surface area contributed by atoms with E-state index in [4.69, 9.17) is 4.74 Å². The van der Waals surface area contributed by atoms with Gasteiger partial charge in [0.05, 0.1) is 12.6 Å². The van der Waals surface area contributed by atoms with Crippen LogP contribution in [0, 0.1) is 5.92 Å². The highest BCUT2D eigenvalue weighted by molar-refractivity contribution is 5.94. The molecule has 0 aromatic heterocycles. The number of hydrogen-bond donors (Lipinski definition) is 1. The largest absolute Gasteiger partial charge is 0.493 e. The van der Waals surface area contributed by atoms with Crippen molar-refractivity contribution in [3.05, 3.63) is 29.8 Å². The van der Waals surface area contributed by atoms with Crippen molar-refractivity contribution in [1.29, 1.82) is 0 Å². The van der Waals surface area contributed by atoms with E-state index in [-0.39, 0.29) is 18.0 Å². The molecule has 0 bridgehead atoms. The molecule has 25 heavy (non-hydrogen) atoms. The fraction of sp³-hybridized carbons (Fsp3) is 0.579. The van der Waals surface area contributed by atoms with Gasteiger partial charge in [-0.15, -0.1) is 0 Å². The lowest BCUT2D eigenvalue weighted by molar-refractivity contribution is 0.0634. The Morgan fingerprint density at radius 1 is 1.16 bits per heavy atom. The van der Waals surface area contributed by atoms with Crippen LogP contribution in [0.1, 0.15) is 36.0 Å². The first-order valence-corrected chi connectivity index (χ1v) is 9.27. The summed E-state index contributed by atoms with van der Waals surface area (Å²) in [7, 11) is 0. The topological polar surface area (TPSA) is 61.9 Å². The molecule has 3 fully saturated rings. The summed E-state index contributed by atoms with van der Waals surface area (Å²) < 4.78 is 5.73. The Hall–Kier alpha value is -2.24. The minimum Gasteiger partial charge on any atom is -0.493 e. The number of rotatable bonds is 5. The monoisotopic (exact) mass is 343 g/mol. The van der Waals surface area contributed by atoms with Gasteiger partial charge in [-0.05, 0) is 55.9 Å². The summed E-state index contributed by atoms with van der Waals surface area (Å²) in [5.74, 6) is 1.58. The molecule has 2 heterocycles. The van der Waals surface area contributed by atoms with E-state index in [2.05, 4.69) is 5.32 Å². The molecule has 3 amide bonds. The number of benzene rings is 1. The van der Waals surface area contributed by atoms with Crippen LogP contribution in [0.3, 0.4) is 0 Å². The molecule has 6 nitrogen and oxygen atoms in total. The second-order valence-electron chi connectivity index (χ2n) is 7.25. The predicted octanol–water partition coefficient (Wildman–Crippen LogP) is 2.11. The van der Waals surface area contributed by atoms with Crippen molar-refractivity contribution in [3.63, 3.8) is 0 Å². The van der Waals surface area contributed by atoms with E-state index in [1.807, 2.05) is 34.1 Å². The second kappa shape index (κ2) is 6.94. The number of piperidine rings is 1. The quantitative estimate of drug-likeness (QED) is 0.891. The molecule has 2 aliphatic heterocycles. The average Bonchev–Trinajstić information content (AvgIpc) is 3.39. The second-order valence-corrected chi connectivity index (χ2v) is 7.25. The van der Waals surface area contributed by atoms with Crippen LogP contribution in [0.5, 0.6) is 5.75 Å². The number of nitrogens with zero attached hydrogens (tertiary/aromatic N) is 2. The van der Waals surface area contributed by atoms with Gasteiger partial charge in [-0.25, -0.2) is 4.79 Å². The zero-order chi connectivity index (χ0) is 17.2. The summed E-state index contributed by atoms with van der Waals surface area (Å²) in [6, 6.07) is 7.57. The number of hydrogen-bond acceptors (Lipinski definition) is 3. The van der Waals surface area contributed by atoms with Gasteiger partial charge in [-0.1, -0.05) is 0 Å². The summed E-state index contributed by atoms with van der Waals surface area (Å²) >= 11 is 0. The van der Waals surface area contributed by atoms with Gasteiger partial charge in [-0.2, -0.15) is 0 Å². The Labute approximate surface area is 148 Å². The Morgan fingerprint density at radius 3 is 2.64 bits per heavy atom. The Kier molecular flexibility index (Phi) is 4.51. The maximum absolute atomic E-state index is 12.8. The van der Waals surface area contributed by atoms with E-state index >= 15 is 0 Å². The molecule has 3 aliphatic rings. The van der Waals surface area contributed by atoms with Crippen LogP contribution in [0.15, 0.2) is 24.3 Å². The van der Waals surface area contributed by atoms with Crippen LogP contribution in [-0.4, -0.2) is 60.6 Å². The van der Waals surface area contributed by atoms with Gasteiger partial charge in [0.2, 0.25) is 0 Å². The average molecular weight is 343 g/mol. The fourth-order valence-electron chi connectivity index (χ4n) is 3.60. The molecule has 6 heteroatoms. The number of likely N-dealkylation sites (tertiary alicyclic amines) is 1. The highest BCUT2D eigenvalue weighted by atomic mass is 16.5. The van der Waals surface area contributed by atoms with Crippen molar-refractivity contribution in [2.45, 2.75) is 31.7 Å². The van der Waals surface area contributed by atoms with Gasteiger partial charge >= 0.3 is 6.03 Å². The number of nitrogens with one attached hydrogen (secondary N) is 1. The number of carbonyl (C=O) groups is 2. The highest BCUT2D eigenvalue weighted by Gasteiger charge is 2.33. The predicted molar refractivity (Wildman–Crippen MR) is 93.7 cm³/mol. The Morgan fingerprint density at radius 2 is 1.96 bits per heavy atom. The van der Waals surface area contributed by atoms with E-state index in [1.54, 1.807) is 0 Å². The number of amides is 3. The van der Waals surface area contributed by atoms with Crippen LogP contribution in [0.25, 0.3) is 0 Å². The molecule has 1 atom stereocenters. The lowest BCUT2D eigenvalue weighted by atomic mass is 10.0. The highest BCUT2D eigenvalue weighted by Crippen LogP contribution is 2.29. The third-order valence-electron chi connectivity index (χ3n) is 5.30. The molecule has 1 aromatic rings. The molecule has 1 unspecified atom stereocenters. The molecule has 0 radical (unpaired) electrons. The zero-order valence-electron chi connectivity index (χ0n) is 14.4. The van der Waals surface area contributed by atoms with Crippen molar-refractivity contribution < 1.29 is 14.3 Å². The summed E-state index contributed by atoms with van der Waals surface area (Å²) in [6.07, 6.45) is 4.43. The molecule has 2 saturated heterocycles. The third-order valence-corrected chi connectivity index (χ3v) is 5.30. The van der Waals surface area contributed by atoms with E-state index < -0.39 is 0 Å². The standard InChI is InChI=1S/C19H25N3O3/c23-18(15-5-7-17(8-6-15)25-13-14-3-4-14)21-10-1-2-16(12-21)22-11-9-20-19(22)24/h5-8,14,16H,1-4,9-13H2,(H,20,24). The maximum atomic E-state index is 12.8. The van der Waals surface area contributed by atoms with Crippen molar-refractivity contribution in [2.75, 3.05) is 32.8 Å². The molecule has 134 valence electrons. The first-order chi connectivity index (χ1) is 12.2. The molecule has 1 aliphatic carbocycles. The first kappa shape index (κ1) is 16.2. The van der Waals surface area contributed by atoms with Crippen LogP contribution >= 0.6 is 0 Å². The molecule has 0 spiro atoms. The number of carbonyl (C=O) groups excluding carboxylic acids is 2. The molecular weight excluding hydrogens is 318 g/mol. The normalized spacial score (nSPS) is 23.5. The van der Waals surface area contributed by atoms with E-state index in [9.17, 15) is 9.59 Å². The van der Waals surface area contributed by atoms with Gasteiger partial charge in [0.1, 0.15) is 5.75 Å². The summed E-state index contributed by atoms with van der Waals surface area (Å²) in [5.41, 5.74) is 0.685. The molecule has 1 N–H and O–H groups in total. The van der Waals surface area contributed by atoms with E-state index in [1.165, 1.54) is 12.8 Å². The van der Waals surface area contributed by atoms with Crippen molar-refractivity contribution in [1.82, 2.24) is 15.1 Å². The minimum absolute atomic E-state index is 0.00327. The zero-order valence-corrected chi connectivity index (χ0v) is 14.4. The number of urea groups is 1. The summed E-state index contributed by atoms with van der Waals surface area (Å²) in [5, 5.41) is 2.84. The summed E-state index contributed by atoms with van der Waals surface area (Å²) in [4.78, 5) is 28.4. The van der Waals surface area contributed by atoms with Gasteiger partial charge in [0, 0.05) is 31.7 Å². The van der Waals surface area contributed by atoms with Crippen molar-refractivity contribution in [2.24, 2.45) is 5.92 Å². The van der Waals surface area contributed by atoms with Gasteiger partial charge in [0.15, 0.2) is 0 Å². The van der Waals surface area contributed by atoms with Crippen molar-refractivity contribution >= 4 is 11.9 Å². The fourth-order valence-corrected chi connectivity index (χ4v) is 3.60. The van der Waals surface area contributed by atoms with E-state index in [0.717, 1.165) is 44.2 Å². The summed E-state index contributed by atoms with van der Waals surface area (Å²) in [6.45, 7) is 3.58.